The van der Waals surface area contributed by atoms with Crippen LogP contribution in [0, 0.1) is 5.41 Å². The van der Waals surface area contributed by atoms with Crippen LogP contribution < -0.4 is 4.90 Å². The van der Waals surface area contributed by atoms with E-state index >= 15 is 0 Å². The van der Waals surface area contributed by atoms with Gasteiger partial charge in [-0.2, -0.15) is 0 Å². The molecule has 0 N–H and O–H groups in total. The van der Waals surface area contributed by atoms with Gasteiger partial charge in [-0.1, -0.05) is 165 Å². The van der Waals surface area contributed by atoms with Crippen LogP contribution in [-0.4, -0.2) is 4.57 Å². The quantitative estimate of drug-likeness (QED) is 0.176. The van der Waals surface area contributed by atoms with E-state index in [0.717, 1.165) is 17.1 Å². The lowest BCUT2D eigenvalue weighted by molar-refractivity contribution is 0.294. The zero-order valence-corrected chi connectivity index (χ0v) is 31.1. The van der Waals surface area contributed by atoms with Crippen LogP contribution in [0.25, 0.3) is 49.4 Å². The van der Waals surface area contributed by atoms with Crippen molar-refractivity contribution in [2.45, 2.75) is 18.3 Å². The number of anilines is 3. The second-order valence-corrected chi connectivity index (χ2v) is 15.8. The van der Waals surface area contributed by atoms with E-state index in [0.29, 0.717) is 0 Å². The Kier molecular flexibility index (Phi) is 6.49. The molecule has 0 amide bonds. The molecule has 12 rings (SSSR count). The SMILES string of the molecule is CC12C=CC=CC1c1ccccc1C21c2ccccc2-c2c(N(c3ccc4c(c3)c3ccccc3n4-c3ccccc3)c3cccc4ccccc34)cccc21. The van der Waals surface area contributed by atoms with Gasteiger partial charge in [-0.05, 0) is 81.7 Å². The molecule has 8 aromatic carbocycles. The molecule has 56 heavy (non-hydrogen) atoms. The Morgan fingerprint density at radius 3 is 2.11 bits per heavy atom. The molecule has 1 spiro atoms. The van der Waals surface area contributed by atoms with Crippen molar-refractivity contribution < 1.29 is 0 Å². The minimum Gasteiger partial charge on any atom is -0.309 e. The monoisotopic (exact) mass is 714 g/mol. The zero-order chi connectivity index (χ0) is 37.0. The second kappa shape index (κ2) is 11.6. The third kappa shape index (κ3) is 3.95. The van der Waals surface area contributed by atoms with E-state index in [9.17, 15) is 0 Å². The minimum atomic E-state index is -0.366. The first-order chi connectivity index (χ1) is 27.7. The van der Waals surface area contributed by atoms with Crippen LogP contribution in [0.4, 0.5) is 17.1 Å². The molecule has 0 radical (unpaired) electrons. The molecular weight excluding hydrogens is 677 g/mol. The average molecular weight is 715 g/mol. The van der Waals surface area contributed by atoms with Gasteiger partial charge >= 0.3 is 0 Å². The fourth-order valence-electron chi connectivity index (χ4n) is 11.1. The summed E-state index contributed by atoms with van der Waals surface area (Å²) in [5, 5.41) is 4.92. The predicted octanol–water partition coefficient (Wildman–Crippen LogP) is 14.0. The van der Waals surface area contributed by atoms with Gasteiger partial charge in [-0.3, -0.25) is 0 Å². The molecule has 0 fully saturated rings. The maximum atomic E-state index is 2.54. The highest BCUT2D eigenvalue weighted by molar-refractivity contribution is 6.12. The Morgan fingerprint density at radius 2 is 1.20 bits per heavy atom. The fourth-order valence-corrected chi connectivity index (χ4v) is 11.1. The van der Waals surface area contributed by atoms with E-state index in [-0.39, 0.29) is 16.7 Å². The van der Waals surface area contributed by atoms with E-state index in [1.807, 2.05) is 0 Å². The standard InChI is InChI=1S/C54H38N2/c1-53-34-14-13-25-44(53)41-23-7-10-26-45(41)54(53)46-27-11-8-24-42(46)52-47(54)28-16-31-51(52)56(48-30-15-18-36-17-5-6-21-39(36)48)38-32-33-50-43(35-38)40-22-9-12-29-49(40)55(50)37-19-3-2-4-20-37/h2-35,44H,1H3. The van der Waals surface area contributed by atoms with Crippen molar-refractivity contribution in [3.63, 3.8) is 0 Å². The highest BCUT2D eigenvalue weighted by Gasteiger charge is 2.63. The van der Waals surface area contributed by atoms with Gasteiger partial charge in [0.1, 0.15) is 0 Å². The molecule has 9 aromatic rings. The van der Waals surface area contributed by atoms with Crippen molar-refractivity contribution in [1.29, 1.82) is 0 Å². The van der Waals surface area contributed by atoms with Crippen molar-refractivity contribution in [2.75, 3.05) is 4.90 Å². The lowest BCUT2D eigenvalue weighted by atomic mass is 9.56. The number of nitrogens with zero attached hydrogens (tertiary/aromatic N) is 2. The second-order valence-electron chi connectivity index (χ2n) is 15.8. The van der Waals surface area contributed by atoms with Crippen molar-refractivity contribution >= 4 is 49.6 Å². The van der Waals surface area contributed by atoms with Gasteiger partial charge in [-0.15, -0.1) is 0 Å². The molecule has 2 heteroatoms. The Hall–Kier alpha value is -6.90. The molecule has 0 saturated carbocycles. The summed E-state index contributed by atoms with van der Waals surface area (Å²) < 4.78 is 2.40. The number of hydrogen-bond donors (Lipinski definition) is 0. The van der Waals surface area contributed by atoms with E-state index in [2.05, 4.69) is 223 Å². The van der Waals surface area contributed by atoms with Gasteiger partial charge in [0.25, 0.3) is 0 Å². The summed E-state index contributed by atoms with van der Waals surface area (Å²) in [7, 11) is 0. The normalized spacial score (nSPS) is 20.1. The number of para-hydroxylation sites is 2. The topological polar surface area (TPSA) is 8.17 Å². The lowest BCUT2D eigenvalue weighted by Crippen LogP contribution is -2.42. The van der Waals surface area contributed by atoms with E-state index in [1.54, 1.807) is 0 Å². The van der Waals surface area contributed by atoms with Crippen LogP contribution in [-0.2, 0) is 5.41 Å². The maximum Gasteiger partial charge on any atom is 0.0564 e. The summed E-state index contributed by atoms with van der Waals surface area (Å²) in [6.45, 7) is 2.50. The van der Waals surface area contributed by atoms with Crippen LogP contribution >= 0.6 is 0 Å². The number of allylic oxidation sites excluding steroid dienone is 4. The highest BCUT2D eigenvalue weighted by Crippen LogP contribution is 2.71. The van der Waals surface area contributed by atoms with Crippen molar-refractivity contribution in [3.8, 4) is 16.8 Å². The Morgan fingerprint density at radius 1 is 0.518 bits per heavy atom. The molecule has 3 atom stereocenters. The molecule has 0 aliphatic heterocycles. The molecule has 1 aromatic heterocycles. The average Bonchev–Trinajstić information content (AvgIpc) is 3.84. The van der Waals surface area contributed by atoms with Crippen molar-refractivity contribution in [1.82, 2.24) is 4.57 Å². The number of rotatable bonds is 4. The molecule has 3 aliphatic rings. The Balaban J connectivity index is 1.18. The van der Waals surface area contributed by atoms with Crippen LogP contribution in [0.1, 0.15) is 35.1 Å². The van der Waals surface area contributed by atoms with Crippen molar-refractivity contribution in [3.05, 3.63) is 229 Å². The smallest absolute Gasteiger partial charge is 0.0564 e. The number of fused-ring (bicyclic) bond motifs is 14. The molecule has 2 nitrogen and oxygen atoms in total. The molecule has 1 heterocycles. The molecule has 264 valence electrons. The third-order valence-corrected chi connectivity index (χ3v) is 13.2. The number of benzene rings is 8. The van der Waals surface area contributed by atoms with Crippen LogP contribution in [0.5, 0.6) is 0 Å². The zero-order valence-electron chi connectivity index (χ0n) is 31.1. The van der Waals surface area contributed by atoms with E-state index < -0.39 is 0 Å². The summed E-state index contributed by atoms with van der Waals surface area (Å²) in [4.78, 5) is 2.54. The minimum absolute atomic E-state index is 0.201. The first-order valence-electron chi connectivity index (χ1n) is 19.7. The lowest BCUT2D eigenvalue weighted by Gasteiger charge is -2.45. The van der Waals surface area contributed by atoms with Gasteiger partial charge in [-0.25, -0.2) is 0 Å². The molecular formula is C54H38N2. The van der Waals surface area contributed by atoms with Crippen molar-refractivity contribution in [2.24, 2.45) is 5.41 Å². The molecule has 3 unspecified atom stereocenters. The molecule has 0 saturated heterocycles. The third-order valence-electron chi connectivity index (χ3n) is 13.2. The molecule has 0 bridgehead atoms. The fraction of sp³-hybridized carbons (Fsp3) is 0.0741. The van der Waals surface area contributed by atoms with E-state index in [4.69, 9.17) is 0 Å². The van der Waals surface area contributed by atoms with Gasteiger partial charge in [0, 0.05) is 44.4 Å². The first kappa shape index (κ1) is 31.5. The Bertz CT molecular complexity index is 3120. The van der Waals surface area contributed by atoms with Gasteiger partial charge < -0.3 is 9.47 Å². The van der Waals surface area contributed by atoms with E-state index in [1.165, 1.54) is 71.6 Å². The summed E-state index contributed by atoms with van der Waals surface area (Å²) >= 11 is 0. The number of aromatic nitrogens is 1. The summed E-state index contributed by atoms with van der Waals surface area (Å²) in [5.74, 6) is 0.268. The van der Waals surface area contributed by atoms with Crippen LogP contribution in [0.2, 0.25) is 0 Å². The first-order valence-corrected chi connectivity index (χ1v) is 19.7. The summed E-state index contributed by atoms with van der Waals surface area (Å²) in [5.41, 5.74) is 14.7. The maximum absolute atomic E-state index is 2.54. The predicted molar refractivity (Wildman–Crippen MR) is 234 cm³/mol. The highest BCUT2D eigenvalue weighted by atomic mass is 15.1. The van der Waals surface area contributed by atoms with Gasteiger partial charge in [0.15, 0.2) is 0 Å². The largest absolute Gasteiger partial charge is 0.309 e. The van der Waals surface area contributed by atoms with Gasteiger partial charge in [0.05, 0.1) is 27.8 Å². The van der Waals surface area contributed by atoms with Crippen LogP contribution in [0.3, 0.4) is 0 Å². The summed E-state index contributed by atoms with van der Waals surface area (Å²) in [6.07, 6.45) is 9.45. The Labute approximate surface area is 326 Å². The van der Waals surface area contributed by atoms with Crippen LogP contribution in [0.15, 0.2) is 206 Å². The summed E-state index contributed by atoms with van der Waals surface area (Å²) in [6, 6.07) is 67.7. The molecule has 3 aliphatic carbocycles. The number of hydrogen-bond acceptors (Lipinski definition) is 1. The van der Waals surface area contributed by atoms with Gasteiger partial charge in [0.2, 0.25) is 0 Å².